The summed E-state index contributed by atoms with van der Waals surface area (Å²) >= 11 is 0. The SMILES string of the molecule is COC(=O)C1CCC[N+](C)(OS(=O)(=O)c2ccc(C)cc2)C1. The third kappa shape index (κ3) is 3.85. The molecule has 0 bridgehead atoms. The van der Waals surface area contributed by atoms with E-state index < -0.39 is 10.1 Å². The van der Waals surface area contributed by atoms with Gasteiger partial charge in [-0.05, 0) is 25.5 Å². The van der Waals surface area contributed by atoms with E-state index in [0.29, 0.717) is 19.4 Å². The molecule has 0 aliphatic carbocycles. The first-order valence-corrected chi connectivity index (χ1v) is 8.62. The molecule has 0 radical (unpaired) electrons. The number of ether oxygens (including phenoxy) is 1. The average molecular weight is 328 g/mol. The lowest BCUT2D eigenvalue weighted by molar-refractivity contribution is -1.07. The molecule has 122 valence electrons. The number of carbonyl (C=O) groups is 1. The first kappa shape index (κ1) is 16.9. The Morgan fingerprint density at radius 3 is 2.50 bits per heavy atom. The van der Waals surface area contributed by atoms with Crippen LogP contribution in [0.15, 0.2) is 29.2 Å². The van der Waals surface area contributed by atoms with E-state index in [9.17, 15) is 13.2 Å². The first-order chi connectivity index (χ1) is 10.3. The van der Waals surface area contributed by atoms with Gasteiger partial charge in [0.25, 0.3) is 0 Å². The first-order valence-electron chi connectivity index (χ1n) is 7.21. The molecule has 0 aromatic heterocycles. The molecule has 0 spiro atoms. The third-order valence-electron chi connectivity index (χ3n) is 3.91. The maximum atomic E-state index is 12.4. The van der Waals surface area contributed by atoms with Crippen molar-refractivity contribution in [1.29, 1.82) is 0 Å². The normalized spacial score (nSPS) is 25.7. The van der Waals surface area contributed by atoms with Crippen LogP contribution in [0.5, 0.6) is 0 Å². The Bertz CT molecular complexity index is 640. The van der Waals surface area contributed by atoms with Crippen molar-refractivity contribution in [1.82, 2.24) is 0 Å². The Hall–Kier alpha value is -1.44. The maximum absolute atomic E-state index is 12.4. The summed E-state index contributed by atoms with van der Waals surface area (Å²) in [5, 5.41) is 0. The number of hydrogen-bond acceptors (Lipinski definition) is 5. The highest BCUT2D eigenvalue weighted by molar-refractivity contribution is 7.86. The number of nitrogens with zero attached hydrogens (tertiary/aromatic N) is 1. The van der Waals surface area contributed by atoms with Gasteiger partial charge in [-0.1, -0.05) is 22.0 Å². The molecule has 1 aromatic carbocycles. The fourth-order valence-corrected chi connectivity index (χ4v) is 3.90. The summed E-state index contributed by atoms with van der Waals surface area (Å²) in [4.78, 5) is 11.8. The Morgan fingerprint density at radius 1 is 1.27 bits per heavy atom. The smallest absolute Gasteiger partial charge is 0.342 e. The molecule has 2 unspecified atom stereocenters. The highest BCUT2D eigenvalue weighted by atomic mass is 32.2. The van der Waals surface area contributed by atoms with Gasteiger partial charge in [-0.2, -0.15) is 13.1 Å². The number of hydrogen-bond donors (Lipinski definition) is 0. The molecular formula is C15H22NO5S+. The van der Waals surface area contributed by atoms with Crippen molar-refractivity contribution in [3.05, 3.63) is 29.8 Å². The fourth-order valence-electron chi connectivity index (χ4n) is 2.73. The van der Waals surface area contributed by atoms with Gasteiger partial charge >= 0.3 is 16.1 Å². The van der Waals surface area contributed by atoms with Gasteiger partial charge in [0.15, 0.2) is 0 Å². The van der Waals surface area contributed by atoms with Gasteiger partial charge in [-0.3, -0.25) is 4.79 Å². The number of methoxy groups -OCH3 is 1. The van der Waals surface area contributed by atoms with Crippen LogP contribution >= 0.6 is 0 Å². The van der Waals surface area contributed by atoms with Gasteiger partial charge in [0.1, 0.15) is 26.1 Å². The Kier molecular flexibility index (Phi) is 4.89. The van der Waals surface area contributed by atoms with E-state index in [1.54, 1.807) is 19.2 Å². The number of benzene rings is 1. The van der Waals surface area contributed by atoms with Crippen molar-refractivity contribution in [2.24, 2.45) is 5.92 Å². The van der Waals surface area contributed by atoms with Crippen molar-refractivity contribution in [2.75, 3.05) is 27.2 Å². The summed E-state index contributed by atoms with van der Waals surface area (Å²) in [5.41, 5.74) is 0.975. The van der Waals surface area contributed by atoms with Crippen LogP contribution in [-0.4, -0.2) is 46.3 Å². The minimum absolute atomic E-state index is 0.123. The molecular weight excluding hydrogens is 306 g/mol. The van der Waals surface area contributed by atoms with E-state index in [4.69, 9.17) is 9.02 Å². The second kappa shape index (κ2) is 6.36. The van der Waals surface area contributed by atoms with Crippen molar-refractivity contribution in [3.63, 3.8) is 0 Å². The highest BCUT2D eigenvalue weighted by Gasteiger charge is 2.41. The van der Waals surface area contributed by atoms with Gasteiger partial charge in [0.2, 0.25) is 0 Å². The van der Waals surface area contributed by atoms with Gasteiger partial charge in [-0.15, -0.1) is 0 Å². The zero-order valence-electron chi connectivity index (χ0n) is 13.1. The highest BCUT2D eigenvalue weighted by Crippen LogP contribution is 2.27. The summed E-state index contributed by atoms with van der Waals surface area (Å²) in [6, 6.07) is 6.50. The molecule has 1 fully saturated rings. The van der Waals surface area contributed by atoms with Crippen LogP contribution in [0.2, 0.25) is 0 Å². The van der Waals surface area contributed by atoms with Crippen molar-refractivity contribution >= 4 is 16.1 Å². The molecule has 1 saturated heterocycles. The second-order valence-corrected chi connectivity index (χ2v) is 7.44. The Balaban J connectivity index is 2.17. The van der Waals surface area contributed by atoms with Crippen molar-refractivity contribution in [2.45, 2.75) is 24.7 Å². The van der Waals surface area contributed by atoms with Crippen LogP contribution < -0.4 is 0 Å². The van der Waals surface area contributed by atoms with Crippen LogP contribution in [0.25, 0.3) is 0 Å². The molecule has 0 N–H and O–H groups in total. The zero-order valence-corrected chi connectivity index (χ0v) is 13.9. The van der Waals surface area contributed by atoms with E-state index in [0.717, 1.165) is 5.56 Å². The summed E-state index contributed by atoms with van der Waals surface area (Å²) in [7, 11) is -0.851. The average Bonchev–Trinajstić information content (AvgIpc) is 2.45. The Labute approximate surface area is 131 Å². The Morgan fingerprint density at radius 2 is 1.91 bits per heavy atom. The summed E-state index contributed by atoms with van der Waals surface area (Å²) in [6.07, 6.45) is 1.40. The molecule has 7 heteroatoms. The van der Waals surface area contributed by atoms with E-state index in [-0.39, 0.29) is 28.0 Å². The fraction of sp³-hybridized carbons (Fsp3) is 0.533. The largest absolute Gasteiger partial charge is 0.469 e. The maximum Gasteiger partial charge on any atom is 0.342 e. The topological polar surface area (TPSA) is 69.7 Å². The van der Waals surface area contributed by atoms with E-state index in [2.05, 4.69) is 0 Å². The molecule has 1 aliphatic rings. The molecule has 22 heavy (non-hydrogen) atoms. The van der Waals surface area contributed by atoms with Crippen LogP contribution in [0, 0.1) is 12.8 Å². The number of carbonyl (C=O) groups excluding carboxylic acids is 1. The summed E-state index contributed by atoms with van der Waals surface area (Å²) in [5.74, 6) is -0.655. The van der Waals surface area contributed by atoms with E-state index in [1.165, 1.54) is 19.2 Å². The molecule has 0 saturated carbocycles. The van der Waals surface area contributed by atoms with Gasteiger partial charge in [0.05, 0.1) is 12.0 Å². The van der Waals surface area contributed by atoms with Crippen molar-refractivity contribution < 1.29 is 26.9 Å². The number of esters is 1. The number of piperidine rings is 1. The second-order valence-electron chi connectivity index (χ2n) is 5.91. The van der Waals surface area contributed by atoms with Gasteiger partial charge in [0, 0.05) is 6.42 Å². The van der Waals surface area contributed by atoms with E-state index in [1.807, 2.05) is 6.92 Å². The lowest BCUT2D eigenvalue weighted by atomic mass is 9.98. The van der Waals surface area contributed by atoms with Crippen molar-refractivity contribution in [3.8, 4) is 0 Å². The van der Waals surface area contributed by atoms with E-state index >= 15 is 0 Å². The standard InChI is InChI=1S/C15H22NO5S/c1-12-6-8-14(9-7-12)22(18,19)21-16(2)10-4-5-13(11-16)15(17)20-3/h6-9,13H,4-5,10-11H2,1-3H3/q+1. The predicted octanol–water partition coefficient (Wildman–Crippen LogP) is 1.64. The molecule has 6 nitrogen and oxygen atoms in total. The molecule has 0 amide bonds. The molecule has 2 rings (SSSR count). The third-order valence-corrected chi connectivity index (χ3v) is 5.32. The van der Waals surface area contributed by atoms with Crippen LogP contribution in [0.3, 0.4) is 0 Å². The monoisotopic (exact) mass is 328 g/mol. The minimum Gasteiger partial charge on any atom is -0.469 e. The minimum atomic E-state index is -3.87. The van der Waals surface area contributed by atoms with Gasteiger partial charge < -0.3 is 4.74 Å². The zero-order chi connectivity index (χ0) is 16.4. The molecule has 2 atom stereocenters. The number of aryl methyl sites for hydroxylation is 1. The number of rotatable bonds is 4. The summed E-state index contributed by atoms with van der Waals surface area (Å²) in [6.45, 7) is 2.72. The molecule has 1 aliphatic heterocycles. The van der Waals surface area contributed by atoms with Crippen LogP contribution in [0.1, 0.15) is 18.4 Å². The number of hydroxylamine groups is 3. The predicted molar refractivity (Wildman–Crippen MR) is 80.1 cm³/mol. The lowest BCUT2D eigenvalue weighted by Crippen LogP contribution is -2.53. The molecule has 1 heterocycles. The summed E-state index contributed by atoms with van der Waals surface area (Å²) < 4.78 is 34.9. The van der Waals surface area contributed by atoms with Crippen LogP contribution in [-0.2, 0) is 23.9 Å². The number of likely N-dealkylation sites (tertiary alicyclic amines) is 1. The van der Waals surface area contributed by atoms with Crippen LogP contribution in [0.4, 0.5) is 0 Å². The quantitative estimate of drug-likeness (QED) is 0.621. The van der Waals surface area contributed by atoms with Gasteiger partial charge in [-0.25, -0.2) is 0 Å². The number of quaternary nitrogens is 1. The molecule has 1 aromatic rings. The lowest BCUT2D eigenvalue weighted by Gasteiger charge is -2.36.